The number of carbonyl (C=O) groups excluding carboxylic acids is 2. The van der Waals surface area contributed by atoms with E-state index in [0.29, 0.717) is 28.0 Å². The van der Waals surface area contributed by atoms with Gasteiger partial charge in [-0.15, -0.1) is 0 Å². The highest BCUT2D eigenvalue weighted by Crippen LogP contribution is 2.30. The Bertz CT molecular complexity index is 704. The number of benzene rings is 1. The normalized spacial score (nSPS) is 17.4. The van der Waals surface area contributed by atoms with E-state index in [9.17, 15) is 9.59 Å². The quantitative estimate of drug-likeness (QED) is 0.510. The molecule has 1 aromatic rings. The second-order valence-electron chi connectivity index (χ2n) is 4.20. The summed E-state index contributed by atoms with van der Waals surface area (Å²) in [5, 5.41) is 0. The number of nitrogens with zero attached hydrogens (tertiary/aromatic N) is 2. The van der Waals surface area contributed by atoms with Crippen LogP contribution in [0.2, 0.25) is 0 Å². The molecule has 0 spiro atoms. The number of Topliss-reactive ketones (excluding diaryl/α,β-unsaturated/α-hetero) is 2. The zero-order valence-corrected chi connectivity index (χ0v) is 9.38. The third-order valence-corrected chi connectivity index (χ3v) is 3.19. The molecule has 1 aromatic carbocycles. The van der Waals surface area contributed by atoms with Crippen LogP contribution >= 0.6 is 0 Å². The zero-order chi connectivity index (χ0) is 12.7. The maximum Gasteiger partial charge on any atom is 0.296 e. The smallest absolute Gasteiger partial charge is 0.296 e. The van der Waals surface area contributed by atoms with Gasteiger partial charge in [-0.1, -0.05) is 24.3 Å². The molecule has 2 aliphatic carbocycles. The Hall–Kier alpha value is -2.58. The van der Waals surface area contributed by atoms with Gasteiger partial charge in [0.15, 0.2) is 11.6 Å². The summed E-state index contributed by atoms with van der Waals surface area (Å²) in [5.74, 6) is -0.306. The SMILES string of the molecule is [N-]=[N+]=C1C=CC2=C(C1)C(=O)c1ccccc1C2=O. The molecular formula is C14H8N2O2. The summed E-state index contributed by atoms with van der Waals surface area (Å²) in [6.45, 7) is 0. The van der Waals surface area contributed by atoms with Crippen LogP contribution in [0, 0.1) is 0 Å². The van der Waals surface area contributed by atoms with Crippen molar-refractivity contribution in [3.8, 4) is 0 Å². The van der Waals surface area contributed by atoms with E-state index < -0.39 is 0 Å². The largest absolute Gasteiger partial charge is 0.361 e. The minimum absolute atomic E-state index is 0.145. The molecule has 4 nitrogen and oxygen atoms in total. The van der Waals surface area contributed by atoms with Gasteiger partial charge in [0.05, 0.1) is 6.42 Å². The number of hydrogen-bond donors (Lipinski definition) is 0. The van der Waals surface area contributed by atoms with E-state index in [-0.39, 0.29) is 18.0 Å². The van der Waals surface area contributed by atoms with Crippen LogP contribution in [-0.4, -0.2) is 22.1 Å². The Morgan fingerprint density at radius 3 is 2.33 bits per heavy atom. The summed E-state index contributed by atoms with van der Waals surface area (Å²) in [5.41, 5.74) is 10.8. The van der Waals surface area contributed by atoms with E-state index in [2.05, 4.69) is 4.79 Å². The maximum atomic E-state index is 12.3. The molecule has 0 aromatic heterocycles. The molecule has 86 valence electrons. The first kappa shape index (κ1) is 10.6. The second kappa shape index (κ2) is 3.72. The fourth-order valence-corrected chi connectivity index (χ4v) is 2.29. The van der Waals surface area contributed by atoms with E-state index in [1.807, 2.05) is 0 Å². The van der Waals surface area contributed by atoms with Crippen LogP contribution in [-0.2, 0) is 0 Å². The lowest BCUT2D eigenvalue weighted by atomic mass is 9.80. The highest BCUT2D eigenvalue weighted by molar-refractivity contribution is 6.30. The third kappa shape index (κ3) is 1.33. The van der Waals surface area contributed by atoms with Gasteiger partial charge in [0, 0.05) is 28.3 Å². The molecule has 0 unspecified atom stereocenters. The molecule has 18 heavy (non-hydrogen) atoms. The molecule has 0 saturated heterocycles. The average molecular weight is 236 g/mol. The van der Waals surface area contributed by atoms with Crippen LogP contribution in [0.15, 0.2) is 47.6 Å². The van der Waals surface area contributed by atoms with Crippen molar-refractivity contribution in [3.63, 3.8) is 0 Å². The van der Waals surface area contributed by atoms with Crippen LogP contribution < -0.4 is 0 Å². The zero-order valence-electron chi connectivity index (χ0n) is 9.38. The van der Waals surface area contributed by atoms with Crippen LogP contribution in [0.4, 0.5) is 0 Å². The first-order chi connectivity index (χ1) is 8.72. The molecule has 0 atom stereocenters. The predicted octanol–water partition coefficient (Wildman–Crippen LogP) is 1.99. The van der Waals surface area contributed by atoms with Gasteiger partial charge >= 0.3 is 0 Å². The Labute approximate surface area is 103 Å². The summed E-state index contributed by atoms with van der Waals surface area (Å²) in [6, 6.07) is 6.77. The van der Waals surface area contributed by atoms with Crippen LogP contribution in [0.3, 0.4) is 0 Å². The molecule has 0 radical (unpaired) electrons. The Morgan fingerprint density at radius 2 is 1.67 bits per heavy atom. The lowest BCUT2D eigenvalue weighted by Crippen LogP contribution is -2.24. The van der Waals surface area contributed by atoms with Gasteiger partial charge in [-0.05, 0) is 6.08 Å². The van der Waals surface area contributed by atoms with E-state index in [1.54, 1.807) is 36.4 Å². The summed E-state index contributed by atoms with van der Waals surface area (Å²) >= 11 is 0. The Balaban J connectivity index is 2.22. The van der Waals surface area contributed by atoms with Gasteiger partial charge in [-0.2, -0.15) is 4.79 Å². The fraction of sp³-hybridized carbons (Fsp3) is 0.0714. The van der Waals surface area contributed by atoms with Crippen molar-refractivity contribution < 1.29 is 14.4 Å². The lowest BCUT2D eigenvalue weighted by Gasteiger charge is -2.19. The predicted molar refractivity (Wildman–Crippen MR) is 64.5 cm³/mol. The standard InChI is InChI=1S/C14H8N2O2/c15-16-8-5-6-11-12(7-8)14(18)10-4-2-1-3-9(10)13(11)17/h1-6H,7H2. The summed E-state index contributed by atoms with van der Waals surface area (Å²) in [6.07, 6.45) is 3.29. The third-order valence-electron chi connectivity index (χ3n) is 3.19. The average Bonchev–Trinajstić information content (AvgIpc) is 2.44. The topological polar surface area (TPSA) is 70.5 Å². The fourth-order valence-electron chi connectivity index (χ4n) is 2.29. The van der Waals surface area contributed by atoms with Crippen molar-refractivity contribution in [2.24, 2.45) is 0 Å². The van der Waals surface area contributed by atoms with Gasteiger partial charge in [0.1, 0.15) is 0 Å². The first-order valence-electron chi connectivity index (χ1n) is 5.53. The molecule has 0 aliphatic heterocycles. The minimum Gasteiger partial charge on any atom is -0.361 e. The van der Waals surface area contributed by atoms with Gasteiger partial charge in [-0.3, -0.25) is 9.59 Å². The van der Waals surface area contributed by atoms with Crippen molar-refractivity contribution in [2.75, 3.05) is 0 Å². The molecular weight excluding hydrogens is 228 g/mol. The molecule has 0 N–H and O–H groups in total. The van der Waals surface area contributed by atoms with Crippen LogP contribution in [0.1, 0.15) is 27.1 Å². The molecule has 0 bridgehead atoms. The van der Waals surface area contributed by atoms with Crippen molar-refractivity contribution >= 4 is 17.3 Å². The first-order valence-corrected chi connectivity index (χ1v) is 5.53. The highest BCUT2D eigenvalue weighted by Gasteiger charge is 2.34. The maximum absolute atomic E-state index is 12.3. The summed E-state index contributed by atoms with van der Waals surface area (Å²) in [4.78, 5) is 27.6. The number of carbonyl (C=O) groups is 2. The highest BCUT2D eigenvalue weighted by atomic mass is 16.1. The van der Waals surface area contributed by atoms with E-state index in [4.69, 9.17) is 5.53 Å². The number of rotatable bonds is 0. The van der Waals surface area contributed by atoms with Gasteiger partial charge in [-0.25, -0.2) is 0 Å². The molecule has 0 heterocycles. The number of allylic oxidation sites excluding steroid dienone is 4. The van der Waals surface area contributed by atoms with Crippen molar-refractivity contribution in [3.05, 3.63) is 64.2 Å². The van der Waals surface area contributed by atoms with Crippen LogP contribution in [0.5, 0.6) is 0 Å². The van der Waals surface area contributed by atoms with Gasteiger partial charge in [0.25, 0.3) is 5.71 Å². The van der Waals surface area contributed by atoms with Gasteiger partial charge < -0.3 is 5.53 Å². The molecule has 0 amide bonds. The van der Waals surface area contributed by atoms with Crippen molar-refractivity contribution in [2.45, 2.75) is 6.42 Å². The molecule has 3 rings (SSSR count). The molecule has 0 fully saturated rings. The Morgan fingerprint density at radius 1 is 1.00 bits per heavy atom. The number of hydrogen-bond acceptors (Lipinski definition) is 2. The lowest BCUT2D eigenvalue weighted by molar-refractivity contribution is -0.00567. The molecule has 2 aliphatic rings. The number of ketones is 2. The van der Waals surface area contributed by atoms with Crippen LogP contribution in [0.25, 0.3) is 5.53 Å². The Kier molecular flexibility index (Phi) is 2.18. The van der Waals surface area contributed by atoms with Gasteiger partial charge in [0.2, 0.25) is 0 Å². The van der Waals surface area contributed by atoms with E-state index in [0.717, 1.165) is 0 Å². The van der Waals surface area contributed by atoms with E-state index in [1.165, 1.54) is 0 Å². The molecule has 0 saturated carbocycles. The minimum atomic E-state index is -0.161. The van der Waals surface area contributed by atoms with Crippen molar-refractivity contribution in [1.29, 1.82) is 0 Å². The second-order valence-corrected chi connectivity index (χ2v) is 4.20. The van der Waals surface area contributed by atoms with E-state index >= 15 is 0 Å². The number of fused-ring (bicyclic) bond motifs is 1. The summed E-state index contributed by atoms with van der Waals surface area (Å²) in [7, 11) is 0. The molecule has 4 heteroatoms. The summed E-state index contributed by atoms with van der Waals surface area (Å²) < 4.78 is 0. The van der Waals surface area contributed by atoms with Crippen molar-refractivity contribution in [1.82, 2.24) is 0 Å². The monoisotopic (exact) mass is 236 g/mol.